The number of carboxylic acid groups (broad SMARTS) is 1. The number of rotatable bonds is 5. The van der Waals surface area contributed by atoms with Crippen molar-refractivity contribution in [3.05, 3.63) is 29.3 Å². The average Bonchev–Trinajstić information content (AvgIpc) is 2.23. The van der Waals surface area contributed by atoms with Gasteiger partial charge in [-0.3, -0.25) is 4.79 Å². The van der Waals surface area contributed by atoms with Crippen LogP contribution in [0.25, 0.3) is 0 Å². The van der Waals surface area contributed by atoms with Crippen LogP contribution in [0.5, 0.6) is 5.75 Å². The number of aliphatic carboxylic acids is 1. The molecule has 1 unspecified atom stereocenters. The number of carboxylic acids is 1. The summed E-state index contributed by atoms with van der Waals surface area (Å²) in [6, 6.07) is 6.97. The molecule has 1 aromatic carbocycles. The van der Waals surface area contributed by atoms with E-state index in [1.54, 1.807) is 24.3 Å². The lowest BCUT2D eigenvalue weighted by Gasteiger charge is -2.30. The van der Waals surface area contributed by atoms with Crippen LogP contribution in [0.15, 0.2) is 24.3 Å². The second-order valence-electron chi connectivity index (χ2n) is 4.40. The van der Waals surface area contributed by atoms with Crippen molar-refractivity contribution in [2.45, 2.75) is 19.3 Å². The van der Waals surface area contributed by atoms with Crippen molar-refractivity contribution in [2.75, 3.05) is 6.61 Å². The van der Waals surface area contributed by atoms with E-state index in [0.29, 0.717) is 10.8 Å². The maximum atomic E-state index is 11.1. The van der Waals surface area contributed by atoms with Crippen LogP contribution in [0, 0.1) is 11.8 Å². The Morgan fingerprint density at radius 3 is 2.53 bits per heavy atom. The highest BCUT2D eigenvalue weighted by Gasteiger charge is 2.33. The third kappa shape index (κ3) is 3.13. The van der Waals surface area contributed by atoms with Crippen LogP contribution >= 0.6 is 11.6 Å². The zero-order chi connectivity index (χ0) is 12.3. The number of benzene rings is 1. The summed E-state index contributed by atoms with van der Waals surface area (Å²) < 4.78 is 5.50. The molecule has 0 bridgehead atoms. The molecule has 1 saturated carbocycles. The van der Waals surface area contributed by atoms with Crippen LogP contribution in [0.3, 0.4) is 0 Å². The molecule has 0 aromatic heterocycles. The molecule has 1 aliphatic rings. The summed E-state index contributed by atoms with van der Waals surface area (Å²) in [4.78, 5) is 11.1. The van der Waals surface area contributed by atoms with Gasteiger partial charge in [0.2, 0.25) is 0 Å². The zero-order valence-corrected chi connectivity index (χ0v) is 10.2. The SMILES string of the molecule is O=C(O)C(COc1ccc(Cl)cc1)C1CCC1. The lowest BCUT2D eigenvalue weighted by Crippen LogP contribution is -2.33. The first-order valence-electron chi connectivity index (χ1n) is 5.78. The van der Waals surface area contributed by atoms with E-state index in [1.165, 1.54) is 0 Å². The first-order valence-corrected chi connectivity index (χ1v) is 6.16. The molecule has 2 rings (SSSR count). The molecule has 1 N–H and O–H groups in total. The summed E-state index contributed by atoms with van der Waals surface area (Å²) >= 11 is 5.76. The van der Waals surface area contributed by atoms with Gasteiger partial charge in [-0.2, -0.15) is 0 Å². The molecular weight excluding hydrogens is 240 g/mol. The minimum absolute atomic E-state index is 0.238. The second kappa shape index (κ2) is 5.41. The highest BCUT2D eigenvalue weighted by Crippen LogP contribution is 2.34. The Balaban J connectivity index is 1.90. The van der Waals surface area contributed by atoms with Gasteiger partial charge in [0.05, 0.1) is 5.92 Å². The first-order chi connectivity index (χ1) is 8.16. The largest absolute Gasteiger partial charge is 0.493 e. The Bertz CT molecular complexity index is 384. The minimum Gasteiger partial charge on any atom is -0.493 e. The maximum absolute atomic E-state index is 11.1. The first kappa shape index (κ1) is 12.2. The molecule has 4 heteroatoms. The molecule has 3 nitrogen and oxygen atoms in total. The van der Waals surface area contributed by atoms with Gasteiger partial charge in [0.15, 0.2) is 0 Å². The third-order valence-electron chi connectivity index (χ3n) is 3.28. The van der Waals surface area contributed by atoms with Crippen LogP contribution in [-0.4, -0.2) is 17.7 Å². The molecule has 0 amide bonds. The highest BCUT2D eigenvalue weighted by molar-refractivity contribution is 6.30. The van der Waals surface area contributed by atoms with E-state index in [2.05, 4.69) is 0 Å². The van der Waals surface area contributed by atoms with Crippen molar-refractivity contribution >= 4 is 17.6 Å². The van der Waals surface area contributed by atoms with Gasteiger partial charge in [-0.25, -0.2) is 0 Å². The van der Waals surface area contributed by atoms with E-state index < -0.39 is 5.97 Å². The normalized spacial score (nSPS) is 17.2. The lowest BCUT2D eigenvalue weighted by molar-refractivity contribution is -0.146. The van der Waals surface area contributed by atoms with E-state index in [4.69, 9.17) is 21.4 Å². The molecule has 17 heavy (non-hydrogen) atoms. The molecule has 92 valence electrons. The van der Waals surface area contributed by atoms with Gasteiger partial charge in [-0.1, -0.05) is 18.0 Å². The number of ether oxygens (including phenoxy) is 1. The molecule has 0 radical (unpaired) electrons. The fraction of sp³-hybridized carbons (Fsp3) is 0.462. The van der Waals surface area contributed by atoms with E-state index in [1.807, 2.05) is 0 Å². The standard InChI is InChI=1S/C13H15ClO3/c14-10-4-6-11(7-5-10)17-8-12(13(15)16)9-2-1-3-9/h4-7,9,12H,1-3,8H2,(H,15,16). The lowest BCUT2D eigenvalue weighted by atomic mass is 9.76. The van der Waals surface area contributed by atoms with E-state index in [9.17, 15) is 4.79 Å². The van der Waals surface area contributed by atoms with Crippen LogP contribution in [0.2, 0.25) is 5.02 Å². The fourth-order valence-electron chi connectivity index (χ4n) is 1.97. The highest BCUT2D eigenvalue weighted by atomic mass is 35.5. The van der Waals surface area contributed by atoms with Crippen LogP contribution in [0.4, 0.5) is 0 Å². The topological polar surface area (TPSA) is 46.5 Å². The third-order valence-corrected chi connectivity index (χ3v) is 3.53. The quantitative estimate of drug-likeness (QED) is 0.878. The molecule has 1 fully saturated rings. The summed E-state index contributed by atoms with van der Waals surface area (Å²) in [5.41, 5.74) is 0. The summed E-state index contributed by atoms with van der Waals surface area (Å²) in [5.74, 6) is -0.206. The number of halogens is 1. The zero-order valence-electron chi connectivity index (χ0n) is 9.43. The summed E-state index contributed by atoms with van der Waals surface area (Å²) in [6.45, 7) is 0.238. The molecule has 0 heterocycles. The Kier molecular flexibility index (Phi) is 3.89. The van der Waals surface area contributed by atoms with E-state index in [0.717, 1.165) is 19.3 Å². The summed E-state index contributed by atoms with van der Waals surface area (Å²) in [7, 11) is 0. The van der Waals surface area contributed by atoms with Gasteiger partial charge in [0, 0.05) is 5.02 Å². The van der Waals surface area contributed by atoms with Gasteiger partial charge < -0.3 is 9.84 Å². The number of hydrogen-bond donors (Lipinski definition) is 1. The molecule has 0 spiro atoms. The second-order valence-corrected chi connectivity index (χ2v) is 4.84. The molecule has 1 aromatic rings. The van der Waals surface area contributed by atoms with Crippen molar-refractivity contribution in [1.82, 2.24) is 0 Å². The van der Waals surface area contributed by atoms with Gasteiger partial charge >= 0.3 is 5.97 Å². The van der Waals surface area contributed by atoms with E-state index >= 15 is 0 Å². The Morgan fingerprint density at radius 1 is 1.41 bits per heavy atom. The Labute approximate surface area is 105 Å². The van der Waals surface area contributed by atoms with Crippen molar-refractivity contribution in [3.8, 4) is 5.75 Å². The van der Waals surface area contributed by atoms with Gasteiger partial charge in [0.25, 0.3) is 0 Å². The van der Waals surface area contributed by atoms with Crippen molar-refractivity contribution in [3.63, 3.8) is 0 Å². The molecule has 0 saturated heterocycles. The predicted molar refractivity (Wildman–Crippen MR) is 65.4 cm³/mol. The molecule has 0 aliphatic heterocycles. The van der Waals surface area contributed by atoms with Gasteiger partial charge in [-0.05, 0) is 43.0 Å². The smallest absolute Gasteiger partial charge is 0.310 e. The Morgan fingerprint density at radius 2 is 2.06 bits per heavy atom. The molecule has 1 aliphatic carbocycles. The molecule has 1 atom stereocenters. The Hall–Kier alpha value is -1.22. The average molecular weight is 255 g/mol. The monoisotopic (exact) mass is 254 g/mol. The van der Waals surface area contributed by atoms with Crippen molar-refractivity contribution in [1.29, 1.82) is 0 Å². The van der Waals surface area contributed by atoms with Crippen molar-refractivity contribution < 1.29 is 14.6 Å². The van der Waals surface area contributed by atoms with Crippen LogP contribution < -0.4 is 4.74 Å². The van der Waals surface area contributed by atoms with E-state index in [-0.39, 0.29) is 18.4 Å². The molecular formula is C13H15ClO3. The summed E-state index contributed by atoms with van der Waals surface area (Å²) in [5, 5.41) is 9.77. The maximum Gasteiger partial charge on any atom is 0.310 e. The predicted octanol–water partition coefficient (Wildman–Crippen LogP) is 3.22. The van der Waals surface area contributed by atoms with Gasteiger partial charge in [-0.15, -0.1) is 0 Å². The van der Waals surface area contributed by atoms with Crippen molar-refractivity contribution in [2.24, 2.45) is 11.8 Å². The van der Waals surface area contributed by atoms with Gasteiger partial charge in [0.1, 0.15) is 12.4 Å². The number of hydrogen-bond acceptors (Lipinski definition) is 2. The summed E-state index contributed by atoms with van der Waals surface area (Å²) in [6.07, 6.45) is 3.14. The fourth-order valence-corrected chi connectivity index (χ4v) is 2.09. The minimum atomic E-state index is -0.760. The van der Waals surface area contributed by atoms with Crippen LogP contribution in [-0.2, 0) is 4.79 Å². The number of carbonyl (C=O) groups is 1. The van der Waals surface area contributed by atoms with Crippen LogP contribution in [0.1, 0.15) is 19.3 Å².